The van der Waals surface area contributed by atoms with E-state index in [4.69, 9.17) is 5.11 Å². The van der Waals surface area contributed by atoms with Crippen molar-refractivity contribution in [2.45, 2.75) is 26.8 Å². The number of carbonyl (C=O) groups is 2. The highest BCUT2D eigenvalue weighted by atomic mass is 16.4. The molecule has 0 spiro atoms. The van der Waals surface area contributed by atoms with Gasteiger partial charge in [0, 0.05) is 24.2 Å². The molecule has 0 unspecified atom stereocenters. The Hall–Kier alpha value is -2.30. The molecule has 1 aromatic rings. The van der Waals surface area contributed by atoms with Gasteiger partial charge in [0.25, 0.3) is 0 Å². The second-order valence-corrected chi connectivity index (χ2v) is 4.98. The minimum Gasteiger partial charge on any atom is -0.508 e. The number of aliphatic carboxylic acids is 1. The molecule has 1 aliphatic rings. The molecular formula is C15H17NO4. The summed E-state index contributed by atoms with van der Waals surface area (Å²) in [6.07, 6.45) is 0.709. The summed E-state index contributed by atoms with van der Waals surface area (Å²) in [6.45, 7) is 3.91. The van der Waals surface area contributed by atoms with Crippen LogP contribution in [-0.2, 0) is 22.6 Å². The smallest absolute Gasteiger partial charge is 0.331 e. The molecule has 1 aromatic carbocycles. The van der Waals surface area contributed by atoms with E-state index in [1.165, 1.54) is 13.8 Å². The van der Waals surface area contributed by atoms with Gasteiger partial charge in [0.2, 0.25) is 5.91 Å². The van der Waals surface area contributed by atoms with Gasteiger partial charge < -0.3 is 15.1 Å². The lowest BCUT2D eigenvalue weighted by Gasteiger charge is -2.29. The predicted octanol–water partition coefficient (Wildman–Crippen LogP) is 1.70. The van der Waals surface area contributed by atoms with Crippen molar-refractivity contribution in [3.8, 4) is 5.75 Å². The number of carbonyl (C=O) groups excluding carboxylic acids is 1. The molecule has 5 nitrogen and oxygen atoms in total. The van der Waals surface area contributed by atoms with E-state index < -0.39 is 5.97 Å². The number of hydrogen-bond donors (Lipinski definition) is 2. The first-order valence-electron chi connectivity index (χ1n) is 6.41. The largest absolute Gasteiger partial charge is 0.508 e. The normalized spacial score (nSPS) is 15.4. The number of amides is 1. The first kappa shape index (κ1) is 14.1. The Morgan fingerprint density at radius 2 is 1.85 bits per heavy atom. The number of hydrogen-bond acceptors (Lipinski definition) is 3. The summed E-state index contributed by atoms with van der Waals surface area (Å²) in [5.74, 6) is -1.17. The van der Waals surface area contributed by atoms with E-state index in [9.17, 15) is 14.7 Å². The second kappa shape index (κ2) is 5.36. The SMILES string of the molecule is CC(C(=O)O)=C(C)C(=O)N1CCc2ccc(O)cc2C1. The molecule has 1 aliphatic heterocycles. The van der Waals surface area contributed by atoms with Crippen LogP contribution >= 0.6 is 0 Å². The summed E-state index contributed by atoms with van der Waals surface area (Å²) >= 11 is 0. The molecule has 0 bridgehead atoms. The van der Waals surface area contributed by atoms with E-state index in [0.717, 1.165) is 11.1 Å². The third kappa shape index (κ3) is 2.66. The van der Waals surface area contributed by atoms with Crippen LogP contribution in [0, 0.1) is 0 Å². The molecule has 20 heavy (non-hydrogen) atoms. The predicted molar refractivity (Wildman–Crippen MR) is 73.2 cm³/mol. The fraction of sp³-hybridized carbons (Fsp3) is 0.333. The van der Waals surface area contributed by atoms with Crippen molar-refractivity contribution >= 4 is 11.9 Å². The molecule has 1 amide bonds. The van der Waals surface area contributed by atoms with E-state index in [1.807, 2.05) is 6.07 Å². The van der Waals surface area contributed by atoms with Crippen molar-refractivity contribution in [3.05, 3.63) is 40.5 Å². The average Bonchev–Trinajstić information content (AvgIpc) is 2.43. The monoisotopic (exact) mass is 275 g/mol. The number of phenolic OH excluding ortho intramolecular Hbond substituents is 1. The fourth-order valence-corrected chi connectivity index (χ4v) is 2.27. The van der Waals surface area contributed by atoms with Crippen molar-refractivity contribution in [1.29, 1.82) is 0 Å². The van der Waals surface area contributed by atoms with Crippen LogP contribution in [0.2, 0.25) is 0 Å². The molecule has 0 aromatic heterocycles. The van der Waals surface area contributed by atoms with Crippen LogP contribution in [0.4, 0.5) is 0 Å². The van der Waals surface area contributed by atoms with E-state index in [0.29, 0.717) is 19.5 Å². The summed E-state index contributed by atoms with van der Waals surface area (Å²) in [6, 6.07) is 5.14. The Labute approximate surface area is 117 Å². The molecule has 0 fully saturated rings. The molecule has 106 valence electrons. The van der Waals surface area contributed by atoms with Gasteiger partial charge in [0.05, 0.1) is 0 Å². The zero-order valence-electron chi connectivity index (χ0n) is 11.5. The molecular weight excluding hydrogens is 258 g/mol. The molecule has 0 aliphatic carbocycles. The number of carboxylic acid groups (broad SMARTS) is 1. The topological polar surface area (TPSA) is 77.8 Å². The first-order valence-corrected chi connectivity index (χ1v) is 6.41. The summed E-state index contributed by atoms with van der Waals surface area (Å²) in [4.78, 5) is 24.8. The summed E-state index contributed by atoms with van der Waals surface area (Å²) in [7, 11) is 0. The Bertz CT molecular complexity index is 604. The van der Waals surface area contributed by atoms with Gasteiger partial charge in [0.15, 0.2) is 0 Å². The maximum atomic E-state index is 12.3. The molecule has 1 heterocycles. The van der Waals surface area contributed by atoms with Gasteiger partial charge in [-0.25, -0.2) is 4.79 Å². The van der Waals surface area contributed by atoms with Crippen molar-refractivity contribution in [2.24, 2.45) is 0 Å². The van der Waals surface area contributed by atoms with Gasteiger partial charge in [-0.3, -0.25) is 4.79 Å². The lowest BCUT2D eigenvalue weighted by Crippen LogP contribution is -2.37. The number of fused-ring (bicyclic) bond motifs is 1. The molecule has 2 rings (SSSR count). The lowest BCUT2D eigenvalue weighted by molar-refractivity contribution is -0.134. The summed E-state index contributed by atoms with van der Waals surface area (Å²) < 4.78 is 0. The van der Waals surface area contributed by atoms with Crippen molar-refractivity contribution < 1.29 is 19.8 Å². The fourth-order valence-electron chi connectivity index (χ4n) is 2.27. The Kier molecular flexibility index (Phi) is 3.79. The number of phenols is 1. The molecule has 5 heteroatoms. The first-order chi connectivity index (χ1) is 9.40. The van der Waals surface area contributed by atoms with Gasteiger partial charge in [-0.2, -0.15) is 0 Å². The van der Waals surface area contributed by atoms with Gasteiger partial charge in [-0.05, 0) is 43.5 Å². The van der Waals surface area contributed by atoms with Gasteiger partial charge in [-0.1, -0.05) is 6.07 Å². The van der Waals surface area contributed by atoms with E-state index >= 15 is 0 Å². The van der Waals surface area contributed by atoms with E-state index in [1.54, 1.807) is 17.0 Å². The maximum Gasteiger partial charge on any atom is 0.331 e. The third-order valence-corrected chi connectivity index (χ3v) is 3.69. The Balaban J connectivity index is 2.23. The minimum absolute atomic E-state index is 0.0664. The Morgan fingerprint density at radius 3 is 2.50 bits per heavy atom. The number of aromatic hydroxyl groups is 1. The number of carboxylic acids is 1. The van der Waals surface area contributed by atoms with Crippen molar-refractivity contribution in [2.75, 3.05) is 6.54 Å². The molecule has 0 radical (unpaired) electrons. The minimum atomic E-state index is -1.08. The second-order valence-electron chi connectivity index (χ2n) is 4.98. The average molecular weight is 275 g/mol. The maximum absolute atomic E-state index is 12.3. The van der Waals surface area contributed by atoms with Crippen LogP contribution < -0.4 is 0 Å². The van der Waals surface area contributed by atoms with Gasteiger partial charge >= 0.3 is 5.97 Å². The van der Waals surface area contributed by atoms with Crippen LogP contribution in [0.5, 0.6) is 5.75 Å². The van der Waals surface area contributed by atoms with Crippen LogP contribution in [0.1, 0.15) is 25.0 Å². The number of nitrogens with zero attached hydrogens (tertiary/aromatic N) is 1. The lowest BCUT2D eigenvalue weighted by atomic mass is 9.98. The van der Waals surface area contributed by atoms with Crippen LogP contribution in [-0.4, -0.2) is 33.5 Å². The molecule has 0 atom stereocenters. The highest BCUT2D eigenvalue weighted by Gasteiger charge is 2.23. The van der Waals surface area contributed by atoms with Crippen molar-refractivity contribution in [1.82, 2.24) is 4.90 Å². The highest BCUT2D eigenvalue weighted by Crippen LogP contribution is 2.24. The zero-order chi connectivity index (χ0) is 14.9. The number of benzene rings is 1. The molecule has 0 saturated heterocycles. The molecule has 0 saturated carbocycles. The van der Waals surface area contributed by atoms with Crippen LogP contribution in [0.15, 0.2) is 29.3 Å². The zero-order valence-corrected chi connectivity index (χ0v) is 11.5. The van der Waals surface area contributed by atoms with Crippen molar-refractivity contribution in [3.63, 3.8) is 0 Å². The molecule has 2 N–H and O–H groups in total. The van der Waals surface area contributed by atoms with E-state index in [-0.39, 0.29) is 22.8 Å². The summed E-state index contributed by atoms with van der Waals surface area (Å²) in [5, 5.41) is 18.4. The highest BCUT2D eigenvalue weighted by molar-refractivity contribution is 6.01. The van der Waals surface area contributed by atoms with Gasteiger partial charge in [-0.15, -0.1) is 0 Å². The standard InChI is InChI=1S/C15H17NO4/c1-9(10(2)15(19)20)14(18)16-6-5-11-3-4-13(17)7-12(11)8-16/h3-4,7,17H,5-6,8H2,1-2H3,(H,19,20). The van der Waals surface area contributed by atoms with Gasteiger partial charge in [0.1, 0.15) is 5.75 Å². The van der Waals surface area contributed by atoms with E-state index in [2.05, 4.69) is 0 Å². The third-order valence-electron chi connectivity index (χ3n) is 3.69. The quantitative estimate of drug-likeness (QED) is 0.805. The number of rotatable bonds is 2. The van der Waals surface area contributed by atoms with Crippen LogP contribution in [0.3, 0.4) is 0 Å². The van der Waals surface area contributed by atoms with Crippen LogP contribution in [0.25, 0.3) is 0 Å². The Morgan fingerprint density at radius 1 is 1.15 bits per heavy atom. The summed E-state index contributed by atoms with van der Waals surface area (Å²) in [5.41, 5.74) is 2.34.